The van der Waals surface area contributed by atoms with Gasteiger partial charge in [0.15, 0.2) is 16.4 Å². The number of carbonyl (C=O) groups excluding carboxylic acids is 2. The van der Waals surface area contributed by atoms with Gasteiger partial charge in [0.2, 0.25) is 0 Å². The highest BCUT2D eigenvalue weighted by Gasteiger charge is 2.32. The molecule has 0 aliphatic carbocycles. The van der Waals surface area contributed by atoms with Gasteiger partial charge in [-0.25, -0.2) is 17.6 Å². The molecular weight excluding hydrogens is 337 g/mol. The molecule has 6 nitrogen and oxygen atoms in total. The fourth-order valence-corrected chi connectivity index (χ4v) is 4.08. The largest absolute Gasteiger partial charge is 0.452 e. The maximum absolute atomic E-state index is 12.8. The highest BCUT2D eigenvalue weighted by atomic mass is 32.2. The van der Waals surface area contributed by atoms with Gasteiger partial charge in [-0.2, -0.15) is 0 Å². The number of rotatable bonds is 5. The Morgan fingerprint density at radius 2 is 2.00 bits per heavy atom. The van der Waals surface area contributed by atoms with Crippen LogP contribution in [0, 0.1) is 5.82 Å². The number of hydrogen-bond acceptors (Lipinski definition) is 5. The summed E-state index contributed by atoms with van der Waals surface area (Å²) in [5, 5.41) is 0. The summed E-state index contributed by atoms with van der Waals surface area (Å²) in [5.41, 5.74) is 0.618. The molecule has 2 rings (SSSR count). The predicted molar refractivity (Wildman–Crippen MR) is 86.2 cm³/mol. The molecule has 1 aromatic rings. The van der Waals surface area contributed by atoms with Crippen LogP contribution in [0.3, 0.4) is 0 Å². The zero-order valence-corrected chi connectivity index (χ0v) is 14.0. The second-order valence-corrected chi connectivity index (χ2v) is 7.78. The monoisotopic (exact) mass is 355 g/mol. The molecule has 0 radical (unpaired) electrons. The van der Waals surface area contributed by atoms with Gasteiger partial charge in [0, 0.05) is 19.2 Å². The number of amides is 1. The quantitative estimate of drug-likeness (QED) is 0.582. The number of ether oxygens (including phenoxy) is 1. The number of nitrogens with zero attached hydrogens (tertiary/aromatic N) is 1. The van der Waals surface area contributed by atoms with E-state index in [-0.39, 0.29) is 23.4 Å². The topological polar surface area (TPSA) is 80.8 Å². The molecule has 1 saturated heterocycles. The Balaban J connectivity index is 1.80. The number of likely N-dealkylation sites (N-methyl/N-ethyl adjacent to an activating group) is 1. The second kappa shape index (κ2) is 7.57. The highest BCUT2D eigenvalue weighted by Crippen LogP contribution is 2.16. The van der Waals surface area contributed by atoms with E-state index in [1.807, 2.05) is 0 Å². The molecule has 1 atom stereocenters. The lowest BCUT2D eigenvalue weighted by atomic mass is 10.2. The molecule has 0 N–H and O–H groups in total. The summed E-state index contributed by atoms with van der Waals surface area (Å²) in [4.78, 5) is 24.8. The molecule has 0 unspecified atom stereocenters. The van der Waals surface area contributed by atoms with Gasteiger partial charge in [0.05, 0.1) is 11.5 Å². The Hall–Kier alpha value is -2.22. The van der Waals surface area contributed by atoms with E-state index in [2.05, 4.69) is 0 Å². The first-order valence-electron chi connectivity index (χ1n) is 7.33. The fraction of sp³-hybridized carbons (Fsp3) is 0.375. The van der Waals surface area contributed by atoms with Crippen molar-refractivity contribution in [3.8, 4) is 0 Å². The molecule has 0 bridgehead atoms. The predicted octanol–water partition coefficient (Wildman–Crippen LogP) is 1.03. The Kier molecular flexibility index (Phi) is 5.71. The lowest BCUT2D eigenvalue weighted by molar-refractivity contribution is -0.148. The molecule has 1 amide bonds. The molecule has 1 aromatic carbocycles. The van der Waals surface area contributed by atoms with Crippen molar-refractivity contribution in [2.24, 2.45) is 0 Å². The summed E-state index contributed by atoms with van der Waals surface area (Å²) in [6.07, 6.45) is 2.98. The Bertz CT molecular complexity index is 742. The van der Waals surface area contributed by atoms with Gasteiger partial charge in [0.1, 0.15) is 5.82 Å². The number of hydrogen-bond donors (Lipinski definition) is 0. The van der Waals surface area contributed by atoms with Crippen molar-refractivity contribution < 1.29 is 27.1 Å². The molecule has 130 valence electrons. The molecule has 1 fully saturated rings. The van der Waals surface area contributed by atoms with Crippen LogP contribution in [0.2, 0.25) is 0 Å². The highest BCUT2D eigenvalue weighted by molar-refractivity contribution is 7.91. The third-order valence-corrected chi connectivity index (χ3v) is 5.52. The van der Waals surface area contributed by atoms with E-state index < -0.39 is 28.3 Å². The van der Waals surface area contributed by atoms with Gasteiger partial charge in [-0.1, -0.05) is 12.1 Å². The average molecular weight is 355 g/mol. The fourth-order valence-electron chi connectivity index (χ4n) is 2.31. The standard InChI is InChI=1S/C16H18FNO5S/c1-18(14-8-9-24(21,22)11-14)15(19)10-23-16(20)7-4-12-2-5-13(17)6-3-12/h2-7,14H,8-11H2,1H3/b7-4+/t14-/m1/s1. The summed E-state index contributed by atoms with van der Waals surface area (Å²) in [6, 6.07) is 5.14. The van der Waals surface area contributed by atoms with Crippen molar-refractivity contribution in [3.05, 3.63) is 41.7 Å². The number of sulfone groups is 1. The van der Waals surface area contributed by atoms with Crippen molar-refractivity contribution >= 4 is 27.8 Å². The molecule has 8 heteroatoms. The molecule has 1 aliphatic rings. The average Bonchev–Trinajstić information content (AvgIpc) is 2.91. The van der Waals surface area contributed by atoms with Crippen LogP contribution in [0.25, 0.3) is 6.08 Å². The minimum Gasteiger partial charge on any atom is -0.452 e. The first-order valence-corrected chi connectivity index (χ1v) is 9.15. The molecule has 0 saturated carbocycles. The van der Waals surface area contributed by atoms with Gasteiger partial charge >= 0.3 is 5.97 Å². The Morgan fingerprint density at radius 3 is 2.58 bits per heavy atom. The lowest BCUT2D eigenvalue weighted by Crippen LogP contribution is -2.40. The molecule has 0 aromatic heterocycles. The second-order valence-electron chi connectivity index (χ2n) is 5.55. The SMILES string of the molecule is CN(C(=O)COC(=O)/C=C/c1ccc(F)cc1)[C@@H]1CCS(=O)(=O)C1. The maximum atomic E-state index is 12.8. The summed E-state index contributed by atoms with van der Waals surface area (Å²) < 4.78 is 40.4. The lowest BCUT2D eigenvalue weighted by Gasteiger charge is -2.22. The molecular formula is C16H18FNO5S. The van der Waals surface area contributed by atoms with Crippen LogP contribution in [-0.2, 0) is 24.2 Å². The first-order chi connectivity index (χ1) is 11.3. The van der Waals surface area contributed by atoms with E-state index in [0.717, 1.165) is 6.08 Å². The van der Waals surface area contributed by atoms with Crippen molar-refractivity contribution in [1.29, 1.82) is 0 Å². The molecule has 1 aliphatic heterocycles. The van der Waals surface area contributed by atoms with Crippen LogP contribution < -0.4 is 0 Å². The van der Waals surface area contributed by atoms with Gasteiger partial charge in [-0.3, -0.25) is 4.79 Å². The van der Waals surface area contributed by atoms with Gasteiger partial charge < -0.3 is 9.64 Å². The summed E-state index contributed by atoms with van der Waals surface area (Å²) >= 11 is 0. The first kappa shape index (κ1) is 18.1. The maximum Gasteiger partial charge on any atom is 0.331 e. The molecule has 24 heavy (non-hydrogen) atoms. The summed E-state index contributed by atoms with van der Waals surface area (Å²) in [6.45, 7) is -0.459. The van der Waals surface area contributed by atoms with Crippen LogP contribution in [0.4, 0.5) is 4.39 Å². The third kappa shape index (κ3) is 5.16. The molecule has 1 heterocycles. The Labute approximate surface area is 139 Å². The van der Waals surface area contributed by atoms with Crippen LogP contribution in [0.1, 0.15) is 12.0 Å². The normalized spacial score (nSPS) is 19.3. The van der Waals surface area contributed by atoms with Crippen molar-refractivity contribution in [2.75, 3.05) is 25.2 Å². The van der Waals surface area contributed by atoms with E-state index in [1.165, 1.54) is 42.3 Å². The van der Waals surface area contributed by atoms with Gasteiger partial charge in [0.25, 0.3) is 5.91 Å². The van der Waals surface area contributed by atoms with Crippen LogP contribution in [-0.4, -0.2) is 56.4 Å². The van der Waals surface area contributed by atoms with E-state index in [9.17, 15) is 22.4 Å². The number of halogens is 1. The summed E-state index contributed by atoms with van der Waals surface area (Å²) in [7, 11) is -1.59. The minimum atomic E-state index is -3.09. The van der Waals surface area contributed by atoms with E-state index in [4.69, 9.17) is 4.74 Å². The molecule has 0 spiro atoms. The van der Waals surface area contributed by atoms with E-state index in [0.29, 0.717) is 12.0 Å². The Morgan fingerprint density at radius 1 is 1.33 bits per heavy atom. The number of carbonyl (C=O) groups is 2. The number of benzene rings is 1. The van der Waals surface area contributed by atoms with Gasteiger partial charge in [-0.05, 0) is 30.2 Å². The van der Waals surface area contributed by atoms with Crippen LogP contribution >= 0.6 is 0 Å². The van der Waals surface area contributed by atoms with Crippen LogP contribution in [0.5, 0.6) is 0 Å². The minimum absolute atomic E-state index is 0.0618. The van der Waals surface area contributed by atoms with Crippen molar-refractivity contribution in [3.63, 3.8) is 0 Å². The van der Waals surface area contributed by atoms with Crippen LogP contribution in [0.15, 0.2) is 30.3 Å². The van der Waals surface area contributed by atoms with E-state index >= 15 is 0 Å². The number of esters is 1. The zero-order chi connectivity index (χ0) is 17.7. The third-order valence-electron chi connectivity index (χ3n) is 3.77. The smallest absolute Gasteiger partial charge is 0.331 e. The van der Waals surface area contributed by atoms with Gasteiger partial charge in [-0.15, -0.1) is 0 Å². The summed E-state index contributed by atoms with van der Waals surface area (Å²) in [5.74, 6) is -1.54. The zero-order valence-electron chi connectivity index (χ0n) is 13.1. The van der Waals surface area contributed by atoms with Crippen molar-refractivity contribution in [1.82, 2.24) is 4.90 Å². The van der Waals surface area contributed by atoms with E-state index in [1.54, 1.807) is 0 Å². The van der Waals surface area contributed by atoms with Crippen molar-refractivity contribution in [2.45, 2.75) is 12.5 Å².